The summed E-state index contributed by atoms with van der Waals surface area (Å²) in [4.78, 5) is 11.6. The molecule has 0 aromatic carbocycles. The van der Waals surface area contributed by atoms with E-state index in [2.05, 4.69) is 5.32 Å². The quantitative estimate of drug-likeness (QED) is 0.711. The summed E-state index contributed by atoms with van der Waals surface area (Å²) in [5.41, 5.74) is 5.72. The average Bonchev–Trinajstić information content (AvgIpc) is 2.70. The summed E-state index contributed by atoms with van der Waals surface area (Å²) in [6.45, 7) is 4.81. The molecule has 0 saturated carbocycles. The van der Waals surface area contributed by atoms with Gasteiger partial charge in [0.25, 0.3) is 0 Å². The molecule has 4 nitrogen and oxygen atoms in total. The topological polar surface area (TPSA) is 64.4 Å². The molecule has 2 unspecified atom stereocenters. The van der Waals surface area contributed by atoms with Crippen LogP contribution in [0.5, 0.6) is 0 Å². The lowest BCUT2D eigenvalue weighted by Crippen LogP contribution is -2.48. The van der Waals surface area contributed by atoms with Gasteiger partial charge in [0.1, 0.15) is 0 Å². The standard InChI is InChI=1S/C11H22N2O2/c1-3-5-9(12)11(14)13-8(2)10-6-4-7-15-10/h8-10H,3-7,12H2,1-2H3,(H,13,14)/t8?,9-,10?/m1/s1. The van der Waals surface area contributed by atoms with Crippen molar-refractivity contribution >= 4 is 5.91 Å². The molecule has 3 N–H and O–H groups in total. The second kappa shape index (κ2) is 6.08. The summed E-state index contributed by atoms with van der Waals surface area (Å²) in [6.07, 6.45) is 3.96. The monoisotopic (exact) mass is 214 g/mol. The lowest BCUT2D eigenvalue weighted by molar-refractivity contribution is -0.124. The summed E-state index contributed by atoms with van der Waals surface area (Å²) < 4.78 is 5.50. The highest BCUT2D eigenvalue weighted by Crippen LogP contribution is 2.15. The molecule has 1 aliphatic heterocycles. The minimum atomic E-state index is -0.376. The normalized spacial score (nSPS) is 24.9. The Balaban J connectivity index is 2.29. The molecule has 15 heavy (non-hydrogen) atoms. The van der Waals surface area contributed by atoms with E-state index in [0.29, 0.717) is 0 Å². The molecule has 88 valence electrons. The van der Waals surface area contributed by atoms with Crippen LogP contribution in [0.3, 0.4) is 0 Å². The van der Waals surface area contributed by atoms with E-state index in [0.717, 1.165) is 32.3 Å². The van der Waals surface area contributed by atoms with Crippen molar-refractivity contribution in [3.05, 3.63) is 0 Å². The van der Waals surface area contributed by atoms with Crippen molar-refractivity contribution in [2.45, 2.75) is 57.7 Å². The molecule has 1 aliphatic rings. The zero-order valence-corrected chi connectivity index (χ0v) is 9.66. The average molecular weight is 214 g/mol. The highest BCUT2D eigenvalue weighted by atomic mass is 16.5. The highest BCUT2D eigenvalue weighted by Gasteiger charge is 2.24. The molecule has 0 bridgehead atoms. The van der Waals surface area contributed by atoms with Crippen LogP contribution in [-0.2, 0) is 9.53 Å². The molecule has 4 heteroatoms. The fraction of sp³-hybridized carbons (Fsp3) is 0.909. The number of nitrogens with one attached hydrogen (secondary N) is 1. The summed E-state index contributed by atoms with van der Waals surface area (Å²) in [7, 11) is 0. The van der Waals surface area contributed by atoms with Crippen LogP contribution in [0.4, 0.5) is 0 Å². The van der Waals surface area contributed by atoms with Crippen molar-refractivity contribution in [1.82, 2.24) is 5.32 Å². The van der Waals surface area contributed by atoms with Gasteiger partial charge in [-0.25, -0.2) is 0 Å². The first-order valence-electron chi connectivity index (χ1n) is 5.82. The molecular formula is C11H22N2O2. The van der Waals surface area contributed by atoms with Gasteiger partial charge in [-0.2, -0.15) is 0 Å². The number of nitrogens with two attached hydrogens (primary N) is 1. The maximum atomic E-state index is 11.6. The SMILES string of the molecule is CCC[C@@H](N)C(=O)NC(C)C1CCCO1. The maximum Gasteiger partial charge on any atom is 0.237 e. The lowest BCUT2D eigenvalue weighted by atomic mass is 10.1. The summed E-state index contributed by atoms with van der Waals surface area (Å²) in [5.74, 6) is -0.0557. The molecule has 3 atom stereocenters. The third kappa shape index (κ3) is 3.80. The van der Waals surface area contributed by atoms with Crippen molar-refractivity contribution in [1.29, 1.82) is 0 Å². The number of hydrogen-bond donors (Lipinski definition) is 2. The van der Waals surface area contributed by atoms with Gasteiger partial charge in [0, 0.05) is 6.61 Å². The number of amides is 1. The van der Waals surface area contributed by atoms with Crippen LogP contribution in [0, 0.1) is 0 Å². The van der Waals surface area contributed by atoms with Gasteiger partial charge in [-0.1, -0.05) is 13.3 Å². The first-order chi connectivity index (χ1) is 7.15. The van der Waals surface area contributed by atoms with E-state index in [-0.39, 0.29) is 24.1 Å². The van der Waals surface area contributed by atoms with Crippen LogP contribution in [0.25, 0.3) is 0 Å². The molecule has 1 rings (SSSR count). The molecule has 1 amide bonds. The first kappa shape index (κ1) is 12.5. The van der Waals surface area contributed by atoms with Gasteiger partial charge < -0.3 is 15.8 Å². The van der Waals surface area contributed by atoms with E-state index in [4.69, 9.17) is 10.5 Å². The molecule has 0 aromatic rings. The van der Waals surface area contributed by atoms with E-state index >= 15 is 0 Å². The van der Waals surface area contributed by atoms with Crippen LogP contribution in [0.1, 0.15) is 39.5 Å². The van der Waals surface area contributed by atoms with Crippen molar-refractivity contribution in [3.63, 3.8) is 0 Å². The minimum absolute atomic E-state index is 0.0557. The second-order valence-corrected chi connectivity index (χ2v) is 4.24. The largest absolute Gasteiger partial charge is 0.376 e. The smallest absolute Gasteiger partial charge is 0.237 e. The van der Waals surface area contributed by atoms with Gasteiger partial charge in [-0.15, -0.1) is 0 Å². The molecule has 1 heterocycles. The van der Waals surface area contributed by atoms with Gasteiger partial charge in [-0.05, 0) is 26.2 Å². The third-order valence-electron chi connectivity index (χ3n) is 2.83. The summed E-state index contributed by atoms with van der Waals surface area (Å²) in [5, 5.41) is 2.92. The Morgan fingerprint density at radius 3 is 2.93 bits per heavy atom. The highest BCUT2D eigenvalue weighted by molar-refractivity contribution is 5.81. The molecular weight excluding hydrogens is 192 g/mol. The molecule has 0 radical (unpaired) electrons. The van der Waals surface area contributed by atoms with E-state index in [1.54, 1.807) is 0 Å². The van der Waals surface area contributed by atoms with E-state index in [9.17, 15) is 4.79 Å². The van der Waals surface area contributed by atoms with Gasteiger partial charge in [0.2, 0.25) is 5.91 Å². The van der Waals surface area contributed by atoms with Crippen molar-refractivity contribution in [3.8, 4) is 0 Å². The van der Waals surface area contributed by atoms with Crippen LogP contribution in [0.15, 0.2) is 0 Å². The van der Waals surface area contributed by atoms with Crippen molar-refractivity contribution < 1.29 is 9.53 Å². The van der Waals surface area contributed by atoms with Crippen LogP contribution in [0.2, 0.25) is 0 Å². The minimum Gasteiger partial charge on any atom is -0.376 e. The first-order valence-corrected chi connectivity index (χ1v) is 5.82. The predicted molar refractivity (Wildman–Crippen MR) is 59.5 cm³/mol. The Bertz CT molecular complexity index is 203. The number of rotatable bonds is 5. The zero-order valence-electron chi connectivity index (χ0n) is 9.66. The number of ether oxygens (including phenoxy) is 1. The Hall–Kier alpha value is -0.610. The van der Waals surface area contributed by atoms with Gasteiger partial charge in [-0.3, -0.25) is 4.79 Å². The number of hydrogen-bond acceptors (Lipinski definition) is 3. The second-order valence-electron chi connectivity index (χ2n) is 4.24. The number of carbonyl (C=O) groups excluding carboxylic acids is 1. The molecule has 0 aromatic heterocycles. The summed E-state index contributed by atoms with van der Waals surface area (Å²) in [6, 6.07) is -0.304. The van der Waals surface area contributed by atoms with E-state index in [1.165, 1.54) is 0 Å². The number of carbonyl (C=O) groups is 1. The van der Waals surface area contributed by atoms with Gasteiger partial charge in [0.05, 0.1) is 18.2 Å². The lowest BCUT2D eigenvalue weighted by Gasteiger charge is -2.21. The van der Waals surface area contributed by atoms with Crippen LogP contribution < -0.4 is 11.1 Å². The Morgan fingerprint density at radius 2 is 2.40 bits per heavy atom. The fourth-order valence-electron chi connectivity index (χ4n) is 1.86. The van der Waals surface area contributed by atoms with Crippen molar-refractivity contribution in [2.24, 2.45) is 5.73 Å². The van der Waals surface area contributed by atoms with Gasteiger partial charge >= 0.3 is 0 Å². The van der Waals surface area contributed by atoms with Crippen LogP contribution >= 0.6 is 0 Å². The molecule has 1 fully saturated rings. The van der Waals surface area contributed by atoms with Crippen molar-refractivity contribution in [2.75, 3.05) is 6.61 Å². The Kier molecular flexibility index (Phi) is 5.05. The third-order valence-corrected chi connectivity index (χ3v) is 2.83. The Labute approximate surface area is 91.5 Å². The fourth-order valence-corrected chi connectivity index (χ4v) is 1.86. The molecule has 1 saturated heterocycles. The van der Waals surface area contributed by atoms with Crippen LogP contribution in [-0.4, -0.2) is 30.7 Å². The predicted octanol–water partition coefficient (Wildman–Crippen LogP) is 0.797. The van der Waals surface area contributed by atoms with E-state index in [1.807, 2.05) is 13.8 Å². The zero-order chi connectivity index (χ0) is 11.3. The van der Waals surface area contributed by atoms with Gasteiger partial charge in [0.15, 0.2) is 0 Å². The molecule has 0 spiro atoms. The van der Waals surface area contributed by atoms with E-state index < -0.39 is 0 Å². The molecule has 0 aliphatic carbocycles. The summed E-state index contributed by atoms with van der Waals surface area (Å²) >= 11 is 0. The maximum absolute atomic E-state index is 11.6. The Morgan fingerprint density at radius 1 is 1.67 bits per heavy atom.